The zero-order chi connectivity index (χ0) is 31.2. The van der Waals surface area contributed by atoms with Gasteiger partial charge < -0.3 is 4.90 Å². The molecule has 0 spiro atoms. The fourth-order valence-corrected chi connectivity index (χ4v) is 7.45. The SMILES string of the molecule is c1ccc(N(c2ccc(-c3ccc4ccccc4c3)cc2)c2ccc(-c3cccc4c3CCc3ccc5ccccc5c3-4)cc2)cc1. The lowest BCUT2D eigenvalue weighted by atomic mass is 9.80. The molecule has 0 saturated carbocycles. The van der Waals surface area contributed by atoms with Crippen molar-refractivity contribution >= 4 is 38.6 Å². The number of anilines is 3. The highest BCUT2D eigenvalue weighted by molar-refractivity contribution is 6.01. The van der Waals surface area contributed by atoms with E-state index >= 15 is 0 Å². The highest BCUT2D eigenvalue weighted by Crippen LogP contribution is 2.43. The van der Waals surface area contributed by atoms with Crippen molar-refractivity contribution in [1.82, 2.24) is 0 Å². The maximum atomic E-state index is 2.34. The summed E-state index contributed by atoms with van der Waals surface area (Å²) < 4.78 is 0. The topological polar surface area (TPSA) is 3.24 Å². The molecule has 1 aliphatic carbocycles. The minimum Gasteiger partial charge on any atom is -0.311 e. The van der Waals surface area contributed by atoms with E-state index in [9.17, 15) is 0 Å². The van der Waals surface area contributed by atoms with E-state index in [0.717, 1.165) is 29.9 Å². The van der Waals surface area contributed by atoms with Gasteiger partial charge in [0, 0.05) is 17.1 Å². The molecule has 1 heteroatoms. The monoisotopic (exact) mass is 599 g/mol. The summed E-state index contributed by atoms with van der Waals surface area (Å²) in [5.74, 6) is 0. The predicted octanol–water partition coefficient (Wildman–Crippen LogP) is 12.6. The first-order valence-corrected chi connectivity index (χ1v) is 16.5. The average molecular weight is 600 g/mol. The molecule has 9 rings (SSSR count). The molecule has 0 aliphatic heterocycles. The van der Waals surface area contributed by atoms with Crippen LogP contribution < -0.4 is 4.90 Å². The Bertz CT molecular complexity index is 2390. The minimum atomic E-state index is 1.05. The lowest BCUT2D eigenvalue weighted by Crippen LogP contribution is -2.10. The van der Waals surface area contributed by atoms with E-state index in [2.05, 4.69) is 181 Å². The summed E-state index contributed by atoms with van der Waals surface area (Å²) in [6.45, 7) is 0. The van der Waals surface area contributed by atoms with Crippen molar-refractivity contribution in [3.05, 3.63) is 187 Å². The van der Waals surface area contributed by atoms with E-state index in [1.807, 2.05) is 0 Å². The quantitative estimate of drug-likeness (QED) is 0.190. The van der Waals surface area contributed by atoms with Crippen LogP contribution in [0.3, 0.4) is 0 Å². The second-order valence-electron chi connectivity index (χ2n) is 12.5. The average Bonchev–Trinajstić information content (AvgIpc) is 3.15. The molecular formula is C46H33N. The Balaban J connectivity index is 1.08. The molecule has 0 fully saturated rings. The molecule has 0 saturated heterocycles. The van der Waals surface area contributed by atoms with Gasteiger partial charge in [0.1, 0.15) is 0 Å². The summed E-state index contributed by atoms with van der Waals surface area (Å²) in [4.78, 5) is 2.34. The van der Waals surface area contributed by atoms with Gasteiger partial charge >= 0.3 is 0 Å². The van der Waals surface area contributed by atoms with Crippen LogP contribution in [0.2, 0.25) is 0 Å². The third-order valence-corrected chi connectivity index (χ3v) is 9.76. The Kier molecular flexibility index (Phi) is 6.68. The molecule has 47 heavy (non-hydrogen) atoms. The van der Waals surface area contributed by atoms with Gasteiger partial charge in [-0.15, -0.1) is 0 Å². The standard InChI is InChI=1S/C46H33N/c1-2-12-39(13-3-1)47(40-26-21-33(22-27-40)38-20-17-32-9-4-5-11-37(32)31-38)41-28-23-35(24-29-41)42-15-8-16-45-44(42)30-25-36-19-18-34-10-6-7-14-43(34)46(36)45/h1-24,26-29,31H,25,30H2. The molecule has 0 heterocycles. The number of fused-ring (bicyclic) bond motifs is 6. The summed E-state index contributed by atoms with van der Waals surface area (Å²) in [6, 6.07) is 64.2. The van der Waals surface area contributed by atoms with E-state index in [0.29, 0.717) is 0 Å². The van der Waals surface area contributed by atoms with E-state index in [-0.39, 0.29) is 0 Å². The number of rotatable bonds is 5. The lowest BCUT2D eigenvalue weighted by molar-refractivity contribution is 0.947. The van der Waals surface area contributed by atoms with Gasteiger partial charge in [-0.1, -0.05) is 133 Å². The maximum absolute atomic E-state index is 2.34. The van der Waals surface area contributed by atoms with Crippen LogP contribution in [-0.4, -0.2) is 0 Å². The molecule has 0 amide bonds. The van der Waals surface area contributed by atoms with Crippen molar-refractivity contribution in [1.29, 1.82) is 0 Å². The molecule has 8 aromatic carbocycles. The first kappa shape index (κ1) is 27.4. The molecule has 0 unspecified atom stereocenters. The summed E-state index contributed by atoms with van der Waals surface area (Å²) in [5.41, 5.74) is 14.1. The molecular weight excluding hydrogens is 567 g/mol. The van der Waals surface area contributed by atoms with Gasteiger partial charge in [0.2, 0.25) is 0 Å². The molecule has 0 bridgehead atoms. The Morgan fingerprint density at radius 3 is 1.74 bits per heavy atom. The zero-order valence-corrected chi connectivity index (χ0v) is 26.1. The highest BCUT2D eigenvalue weighted by Gasteiger charge is 2.21. The Hall–Kier alpha value is -5.92. The van der Waals surface area contributed by atoms with Crippen LogP contribution >= 0.6 is 0 Å². The molecule has 0 aromatic heterocycles. The smallest absolute Gasteiger partial charge is 0.0462 e. The molecule has 222 valence electrons. The molecule has 1 nitrogen and oxygen atoms in total. The van der Waals surface area contributed by atoms with Gasteiger partial charge in [-0.25, -0.2) is 0 Å². The van der Waals surface area contributed by atoms with E-state index in [1.54, 1.807) is 0 Å². The number of hydrogen-bond donors (Lipinski definition) is 0. The van der Waals surface area contributed by atoms with E-state index in [4.69, 9.17) is 0 Å². The normalized spacial score (nSPS) is 12.1. The fraction of sp³-hybridized carbons (Fsp3) is 0.0435. The Morgan fingerprint density at radius 1 is 0.362 bits per heavy atom. The predicted molar refractivity (Wildman–Crippen MR) is 200 cm³/mol. The van der Waals surface area contributed by atoms with Crippen LogP contribution in [0.4, 0.5) is 17.1 Å². The van der Waals surface area contributed by atoms with Crippen LogP contribution in [0.1, 0.15) is 11.1 Å². The minimum absolute atomic E-state index is 1.05. The fourth-order valence-electron chi connectivity index (χ4n) is 7.45. The van der Waals surface area contributed by atoms with Crippen molar-refractivity contribution in [2.45, 2.75) is 12.8 Å². The van der Waals surface area contributed by atoms with Gasteiger partial charge in [0.25, 0.3) is 0 Å². The van der Waals surface area contributed by atoms with Crippen molar-refractivity contribution in [2.75, 3.05) is 4.90 Å². The second-order valence-corrected chi connectivity index (χ2v) is 12.5. The molecule has 1 aliphatic rings. The Labute approximate surface area is 276 Å². The molecule has 8 aromatic rings. The molecule has 0 atom stereocenters. The molecule has 0 N–H and O–H groups in total. The summed E-state index contributed by atoms with van der Waals surface area (Å²) >= 11 is 0. The van der Waals surface area contributed by atoms with Crippen molar-refractivity contribution in [3.63, 3.8) is 0 Å². The second kappa shape index (κ2) is 11.5. The van der Waals surface area contributed by atoms with Crippen LogP contribution in [0.25, 0.3) is 54.9 Å². The van der Waals surface area contributed by atoms with Crippen molar-refractivity contribution in [3.8, 4) is 33.4 Å². The van der Waals surface area contributed by atoms with Crippen LogP contribution in [-0.2, 0) is 12.8 Å². The first-order chi connectivity index (χ1) is 23.3. The van der Waals surface area contributed by atoms with Crippen LogP contribution in [0.15, 0.2) is 176 Å². The van der Waals surface area contributed by atoms with Crippen molar-refractivity contribution in [2.24, 2.45) is 0 Å². The highest BCUT2D eigenvalue weighted by atomic mass is 15.1. The van der Waals surface area contributed by atoms with E-state index < -0.39 is 0 Å². The number of aryl methyl sites for hydroxylation is 1. The zero-order valence-electron chi connectivity index (χ0n) is 26.1. The third-order valence-electron chi connectivity index (χ3n) is 9.76. The van der Waals surface area contributed by atoms with Crippen molar-refractivity contribution < 1.29 is 0 Å². The van der Waals surface area contributed by atoms with Crippen LogP contribution in [0, 0.1) is 0 Å². The van der Waals surface area contributed by atoms with Crippen LogP contribution in [0.5, 0.6) is 0 Å². The first-order valence-electron chi connectivity index (χ1n) is 16.5. The van der Waals surface area contributed by atoms with Gasteiger partial charge in [-0.05, 0) is 121 Å². The Morgan fingerprint density at radius 2 is 0.957 bits per heavy atom. The third kappa shape index (κ3) is 4.88. The lowest BCUT2D eigenvalue weighted by Gasteiger charge is -2.26. The number of nitrogens with zero attached hydrogens (tertiary/aromatic N) is 1. The van der Waals surface area contributed by atoms with E-state index in [1.165, 1.54) is 66.1 Å². The van der Waals surface area contributed by atoms with Gasteiger partial charge in [0.15, 0.2) is 0 Å². The number of para-hydroxylation sites is 1. The summed E-state index contributed by atoms with van der Waals surface area (Å²) in [7, 11) is 0. The van der Waals surface area contributed by atoms with Gasteiger partial charge in [-0.3, -0.25) is 0 Å². The van der Waals surface area contributed by atoms with Gasteiger partial charge in [0.05, 0.1) is 0 Å². The largest absolute Gasteiger partial charge is 0.311 e. The summed E-state index contributed by atoms with van der Waals surface area (Å²) in [6.07, 6.45) is 2.12. The van der Waals surface area contributed by atoms with Gasteiger partial charge in [-0.2, -0.15) is 0 Å². The summed E-state index contributed by atoms with van der Waals surface area (Å²) in [5, 5.41) is 5.18. The molecule has 0 radical (unpaired) electrons. The number of hydrogen-bond acceptors (Lipinski definition) is 1. The maximum Gasteiger partial charge on any atom is 0.0462 e. The number of benzene rings is 8.